The predicted molar refractivity (Wildman–Crippen MR) is 127 cm³/mol. The first-order chi connectivity index (χ1) is 14.8. The zero-order valence-electron chi connectivity index (χ0n) is 20.7. The first kappa shape index (κ1) is 23.9. The standard InChI is InChI=1S/C28H42O4/c1-16(2)17(3)7-8-18(4)25-23(30)14-22-20-13-24(31)28(32)15-19(29)9-12-27(28,6)21(20)10-11-26(22,25)5/h7-8,13,16-17,19,21-23,29-30,32H,9-12,14-15H2,1-6H3/b8-7+,25-18-/t17-,19-,21-,22-,23+,26-,27+,28-/m0/s1. The molecule has 3 fully saturated rings. The van der Waals surface area contributed by atoms with Crippen LogP contribution in [0.5, 0.6) is 0 Å². The lowest BCUT2D eigenvalue weighted by Gasteiger charge is -2.59. The monoisotopic (exact) mass is 442 g/mol. The van der Waals surface area contributed by atoms with Crippen molar-refractivity contribution in [1.29, 1.82) is 0 Å². The van der Waals surface area contributed by atoms with Gasteiger partial charge >= 0.3 is 0 Å². The Morgan fingerprint density at radius 1 is 1.12 bits per heavy atom. The third-order valence-corrected chi connectivity index (χ3v) is 10.0. The zero-order valence-corrected chi connectivity index (χ0v) is 20.7. The zero-order chi connectivity index (χ0) is 23.6. The molecule has 3 N–H and O–H groups in total. The highest BCUT2D eigenvalue weighted by atomic mass is 16.3. The highest BCUT2D eigenvalue weighted by Crippen LogP contribution is 2.66. The van der Waals surface area contributed by atoms with E-state index in [4.69, 9.17) is 0 Å². The molecule has 32 heavy (non-hydrogen) atoms. The van der Waals surface area contributed by atoms with Crippen LogP contribution in [0, 0.1) is 34.5 Å². The van der Waals surface area contributed by atoms with Gasteiger partial charge in [-0.15, -0.1) is 0 Å². The van der Waals surface area contributed by atoms with E-state index in [1.165, 1.54) is 0 Å². The Kier molecular flexibility index (Phi) is 5.92. The Labute approximate surface area is 193 Å². The van der Waals surface area contributed by atoms with E-state index in [9.17, 15) is 20.1 Å². The molecular formula is C28H42O4. The first-order valence-electron chi connectivity index (χ1n) is 12.6. The van der Waals surface area contributed by atoms with E-state index in [-0.39, 0.29) is 29.5 Å². The molecule has 178 valence electrons. The second-order valence-electron chi connectivity index (χ2n) is 12.1. The lowest BCUT2D eigenvalue weighted by molar-refractivity contribution is -0.179. The van der Waals surface area contributed by atoms with Crippen LogP contribution in [0.1, 0.15) is 80.1 Å². The van der Waals surface area contributed by atoms with E-state index in [0.29, 0.717) is 31.1 Å². The number of hydrogen-bond acceptors (Lipinski definition) is 4. The summed E-state index contributed by atoms with van der Waals surface area (Å²) in [4.78, 5) is 13.3. The number of aliphatic hydroxyl groups excluding tert-OH is 2. The molecule has 3 saturated carbocycles. The van der Waals surface area contributed by atoms with Crippen LogP contribution >= 0.6 is 0 Å². The minimum atomic E-state index is -1.48. The molecule has 0 bridgehead atoms. The molecule has 0 aliphatic heterocycles. The first-order valence-corrected chi connectivity index (χ1v) is 12.6. The average molecular weight is 443 g/mol. The molecule has 8 atom stereocenters. The van der Waals surface area contributed by atoms with Crippen LogP contribution in [0.15, 0.2) is 34.9 Å². The molecule has 4 rings (SSSR count). The third-order valence-electron chi connectivity index (χ3n) is 10.0. The normalized spacial score (nSPS) is 46.6. The van der Waals surface area contributed by atoms with E-state index < -0.39 is 23.2 Å². The Hall–Kier alpha value is -1.23. The van der Waals surface area contributed by atoms with Crippen molar-refractivity contribution in [2.24, 2.45) is 34.5 Å². The second-order valence-corrected chi connectivity index (χ2v) is 12.1. The quantitative estimate of drug-likeness (QED) is 0.590. The Morgan fingerprint density at radius 2 is 1.81 bits per heavy atom. The summed E-state index contributed by atoms with van der Waals surface area (Å²) in [5.74, 6) is 1.04. The van der Waals surface area contributed by atoms with E-state index in [0.717, 1.165) is 29.6 Å². The van der Waals surface area contributed by atoms with E-state index in [2.05, 4.69) is 53.7 Å². The summed E-state index contributed by atoms with van der Waals surface area (Å²) in [6, 6.07) is 0. The fourth-order valence-corrected chi connectivity index (χ4v) is 7.51. The van der Waals surface area contributed by atoms with E-state index in [1.807, 2.05) is 0 Å². The van der Waals surface area contributed by atoms with Gasteiger partial charge in [0.2, 0.25) is 0 Å². The Bertz CT molecular complexity index is 882. The van der Waals surface area contributed by atoms with Gasteiger partial charge in [-0.2, -0.15) is 0 Å². The Balaban J connectivity index is 1.73. The highest BCUT2D eigenvalue weighted by molar-refractivity contribution is 5.99. The van der Waals surface area contributed by atoms with Crippen molar-refractivity contribution in [2.45, 2.75) is 97.9 Å². The largest absolute Gasteiger partial charge is 0.393 e. The molecule has 4 aliphatic rings. The molecule has 0 amide bonds. The Morgan fingerprint density at radius 3 is 2.47 bits per heavy atom. The van der Waals surface area contributed by atoms with E-state index >= 15 is 0 Å². The van der Waals surface area contributed by atoms with Crippen molar-refractivity contribution in [3.05, 3.63) is 34.9 Å². The molecule has 0 aromatic rings. The highest BCUT2D eigenvalue weighted by Gasteiger charge is 2.65. The number of allylic oxidation sites excluding steroid dienone is 4. The van der Waals surface area contributed by atoms with Crippen LogP contribution in [0.25, 0.3) is 0 Å². The van der Waals surface area contributed by atoms with Crippen LogP contribution in [0.3, 0.4) is 0 Å². The SMILES string of the molecule is CC(/C=C/[C@H](C)C(C)C)=C1\[C@H](O)C[C@H]2C3=CC(=O)[C@@]4(O)C[C@@H](O)CC[C@]4(C)[C@H]3CC[C@]12C. The molecule has 0 aromatic heterocycles. The topological polar surface area (TPSA) is 77.8 Å². The molecule has 0 unspecified atom stereocenters. The maximum absolute atomic E-state index is 13.3. The summed E-state index contributed by atoms with van der Waals surface area (Å²) >= 11 is 0. The van der Waals surface area contributed by atoms with Crippen molar-refractivity contribution in [1.82, 2.24) is 0 Å². The average Bonchev–Trinajstić information content (AvgIpc) is 2.98. The summed E-state index contributed by atoms with van der Waals surface area (Å²) in [6.07, 6.45) is 8.92. The maximum atomic E-state index is 13.3. The molecule has 0 saturated heterocycles. The number of carbonyl (C=O) groups excluding carboxylic acids is 1. The van der Waals surface area contributed by atoms with Gasteiger partial charge in [0, 0.05) is 11.8 Å². The van der Waals surface area contributed by atoms with Crippen LogP contribution in [0.4, 0.5) is 0 Å². The minimum absolute atomic E-state index is 0.120. The smallest absolute Gasteiger partial charge is 0.187 e. The van der Waals surface area contributed by atoms with Crippen LogP contribution in [-0.2, 0) is 4.79 Å². The van der Waals surface area contributed by atoms with Crippen LogP contribution in [-0.4, -0.2) is 38.9 Å². The number of ketones is 1. The van der Waals surface area contributed by atoms with Gasteiger partial charge in [-0.25, -0.2) is 0 Å². The van der Waals surface area contributed by atoms with E-state index in [1.54, 1.807) is 6.08 Å². The fraction of sp³-hybridized carbons (Fsp3) is 0.750. The number of rotatable bonds is 3. The van der Waals surface area contributed by atoms with Crippen molar-refractivity contribution < 1.29 is 20.1 Å². The summed E-state index contributed by atoms with van der Waals surface area (Å²) in [7, 11) is 0. The molecule has 4 heteroatoms. The van der Waals surface area contributed by atoms with Crippen LogP contribution < -0.4 is 0 Å². The number of aliphatic hydroxyl groups is 3. The number of fused-ring (bicyclic) bond motifs is 5. The fourth-order valence-electron chi connectivity index (χ4n) is 7.51. The molecule has 0 spiro atoms. The number of carbonyl (C=O) groups is 1. The maximum Gasteiger partial charge on any atom is 0.187 e. The lowest BCUT2D eigenvalue weighted by Crippen LogP contribution is -2.63. The van der Waals surface area contributed by atoms with Crippen LogP contribution in [0.2, 0.25) is 0 Å². The third kappa shape index (κ3) is 3.32. The van der Waals surface area contributed by atoms with Crippen molar-refractivity contribution >= 4 is 5.78 Å². The van der Waals surface area contributed by atoms with Crippen molar-refractivity contribution in [3.8, 4) is 0 Å². The summed E-state index contributed by atoms with van der Waals surface area (Å²) in [6.45, 7) is 13.1. The van der Waals surface area contributed by atoms with Gasteiger partial charge in [0.15, 0.2) is 5.78 Å². The van der Waals surface area contributed by atoms with Gasteiger partial charge < -0.3 is 15.3 Å². The number of hydrogen-bond donors (Lipinski definition) is 3. The molecule has 0 radical (unpaired) electrons. The van der Waals surface area contributed by atoms with Gasteiger partial charge in [-0.3, -0.25) is 4.79 Å². The van der Waals surface area contributed by atoms with Gasteiger partial charge in [-0.05, 0) is 85.3 Å². The summed E-state index contributed by atoms with van der Waals surface area (Å²) in [5, 5.41) is 32.9. The molecule has 0 aromatic carbocycles. The molecule has 4 nitrogen and oxygen atoms in total. The molecule has 4 aliphatic carbocycles. The van der Waals surface area contributed by atoms with Gasteiger partial charge in [0.25, 0.3) is 0 Å². The summed E-state index contributed by atoms with van der Waals surface area (Å²) < 4.78 is 0. The lowest BCUT2D eigenvalue weighted by atomic mass is 9.46. The molecule has 0 heterocycles. The van der Waals surface area contributed by atoms with Gasteiger partial charge in [-0.1, -0.05) is 52.3 Å². The predicted octanol–water partition coefficient (Wildman–Crippen LogP) is 4.74. The second kappa shape index (κ2) is 7.92. The van der Waals surface area contributed by atoms with Gasteiger partial charge in [0.1, 0.15) is 5.60 Å². The summed E-state index contributed by atoms with van der Waals surface area (Å²) in [5.41, 5.74) is 1.22. The van der Waals surface area contributed by atoms with Crippen molar-refractivity contribution in [2.75, 3.05) is 0 Å². The van der Waals surface area contributed by atoms with Crippen molar-refractivity contribution in [3.63, 3.8) is 0 Å². The molecular weight excluding hydrogens is 400 g/mol. The van der Waals surface area contributed by atoms with Gasteiger partial charge in [0.05, 0.1) is 12.2 Å². The minimum Gasteiger partial charge on any atom is -0.393 e.